The summed E-state index contributed by atoms with van der Waals surface area (Å²) < 4.78 is 0. The van der Waals surface area contributed by atoms with Gasteiger partial charge in [0, 0.05) is 7.05 Å². The second-order valence-electron chi connectivity index (χ2n) is 3.78. The standard InChI is InChI=1S/C12H13N3/c1-9-11(8-13)12(15(2)14-9)10-6-4-3-5-7-10/h3-7,11-12H,1-2H3. The van der Waals surface area contributed by atoms with Crippen molar-refractivity contribution in [3.8, 4) is 6.07 Å². The van der Waals surface area contributed by atoms with Crippen molar-refractivity contribution in [2.24, 2.45) is 11.0 Å². The second-order valence-corrected chi connectivity index (χ2v) is 3.78. The van der Waals surface area contributed by atoms with Crippen LogP contribution in [0.15, 0.2) is 35.4 Å². The van der Waals surface area contributed by atoms with Gasteiger partial charge in [-0.2, -0.15) is 10.4 Å². The molecule has 1 aliphatic rings. The predicted molar refractivity (Wildman–Crippen MR) is 59.2 cm³/mol. The minimum Gasteiger partial charge on any atom is -0.291 e. The van der Waals surface area contributed by atoms with Gasteiger partial charge < -0.3 is 0 Å². The van der Waals surface area contributed by atoms with Gasteiger partial charge in [-0.25, -0.2) is 0 Å². The van der Waals surface area contributed by atoms with E-state index in [-0.39, 0.29) is 12.0 Å². The highest BCUT2D eigenvalue weighted by Crippen LogP contribution is 2.33. The van der Waals surface area contributed by atoms with Crippen LogP contribution in [0.2, 0.25) is 0 Å². The molecule has 0 aliphatic carbocycles. The van der Waals surface area contributed by atoms with Gasteiger partial charge in [0.2, 0.25) is 0 Å². The van der Waals surface area contributed by atoms with Crippen molar-refractivity contribution in [2.45, 2.75) is 13.0 Å². The average molecular weight is 199 g/mol. The molecule has 0 amide bonds. The minimum atomic E-state index is -0.127. The average Bonchev–Trinajstić information content (AvgIpc) is 2.54. The number of hydrazone groups is 1. The number of rotatable bonds is 1. The Kier molecular flexibility index (Phi) is 2.42. The Morgan fingerprint density at radius 3 is 2.60 bits per heavy atom. The molecule has 3 heteroatoms. The third-order valence-corrected chi connectivity index (χ3v) is 2.76. The van der Waals surface area contributed by atoms with Crippen molar-refractivity contribution in [2.75, 3.05) is 7.05 Å². The molecule has 1 aromatic carbocycles. The Morgan fingerprint density at radius 2 is 2.00 bits per heavy atom. The lowest BCUT2D eigenvalue weighted by Gasteiger charge is -2.21. The molecule has 1 heterocycles. The van der Waals surface area contributed by atoms with Crippen LogP contribution in [0.4, 0.5) is 0 Å². The maximum Gasteiger partial charge on any atom is 0.112 e. The highest BCUT2D eigenvalue weighted by Gasteiger charge is 2.34. The molecule has 0 radical (unpaired) electrons. The Bertz CT molecular complexity index is 416. The van der Waals surface area contributed by atoms with Crippen LogP contribution in [-0.4, -0.2) is 17.8 Å². The maximum atomic E-state index is 9.13. The molecule has 2 unspecified atom stereocenters. The zero-order chi connectivity index (χ0) is 10.8. The number of hydrogen-bond acceptors (Lipinski definition) is 3. The van der Waals surface area contributed by atoms with E-state index in [1.807, 2.05) is 49.3 Å². The minimum absolute atomic E-state index is 0.0659. The summed E-state index contributed by atoms with van der Waals surface area (Å²) in [5.41, 5.74) is 2.04. The van der Waals surface area contributed by atoms with Crippen LogP contribution in [0.3, 0.4) is 0 Å². The molecule has 1 aromatic rings. The molecule has 2 rings (SSSR count). The van der Waals surface area contributed by atoms with Gasteiger partial charge in [0.15, 0.2) is 0 Å². The summed E-state index contributed by atoms with van der Waals surface area (Å²) in [6.07, 6.45) is 0. The smallest absolute Gasteiger partial charge is 0.112 e. The fourth-order valence-corrected chi connectivity index (χ4v) is 2.04. The van der Waals surface area contributed by atoms with E-state index in [0.29, 0.717) is 0 Å². The molecule has 0 N–H and O–H groups in total. The third kappa shape index (κ3) is 1.59. The fraction of sp³-hybridized carbons (Fsp3) is 0.333. The summed E-state index contributed by atoms with van der Waals surface area (Å²) in [5.74, 6) is -0.127. The van der Waals surface area contributed by atoms with Crippen molar-refractivity contribution >= 4 is 5.71 Å². The van der Waals surface area contributed by atoms with E-state index in [0.717, 1.165) is 11.3 Å². The van der Waals surface area contributed by atoms with Crippen molar-refractivity contribution < 1.29 is 0 Å². The van der Waals surface area contributed by atoms with Gasteiger partial charge in [-0.3, -0.25) is 5.01 Å². The highest BCUT2D eigenvalue weighted by atomic mass is 15.5. The number of hydrogen-bond donors (Lipinski definition) is 0. The summed E-state index contributed by atoms with van der Waals surface area (Å²) in [6.45, 7) is 1.91. The number of nitriles is 1. The first-order chi connectivity index (χ1) is 7.24. The number of nitrogens with zero attached hydrogens (tertiary/aromatic N) is 3. The first kappa shape index (κ1) is 9.72. The van der Waals surface area contributed by atoms with Crippen LogP contribution >= 0.6 is 0 Å². The zero-order valence-electron chi connectivity index (χ0n) is 8.88. The topological polar surface area (TPSA) is 39.4 Å². The van der Waals surface area contributed by atoms with Gasteiger partial charge in [-0.05, 0) is 12.5 Å². The van der Waals surface area contributed by atoms with E-state index < -0.39 is 0 Å². The molecule has 0 saturated heterocycles. The van der Waals surface area contributed by atoms with Gasteiger partial charge in [0.05, 0.1) is 17.8 Å². The van der Waals surface area contributed by atoms with Gasteiger partial charge in [-0.15, -0.1) is 0 Å². The summed E-state index contributed by atoms with van der Waals surface area (Å²) >= 11 is 0. The van der Waals surface area contributed by atoms with E-state index in [9.17, 15) is 0 Å². The predicted octanol–water partition coefficient (Wildman–Crippen LogP) is 2.19. The van der Waals surface area contributed by atoms with Gasteiger partial charge in [-0.1, -0.05) is 30.3 Å². The second kappa shape index (κ2) is 3.74. The van der Waals surface area contributed by atoms with Crippen molar-refractivity contribution in [1.82, 2.24) is 5.01 Å². The Balaban J connectivity index is 2.36. The van der Waals surface area contributed by atoms with Crippen molar-refractivity contribution in [3.63, 3.8) is 0 Å². The molecular weight excluding hydrogens is 186 g/mol. The first-order valence-corrected chi connectivity index (χ1v) is 4.96. The highest BCUT2D eigenvalue weighted by molar-refractivity contribution is 5.88. The molecule has 0 bridgehead atoms. The van der Waals surface area contributed by atoms with E-state index in [4.69, 9.17) is 5.26 Å². The van der Waals surface area contributed by atoms with E-state index in [1.165, 1.54) is 0 Å². The Hall–Kier alpha value is -1.82. The van der Waals surface area contributed by atoms with Gasteiger partial charge in [0.25, 0.3) is 0 Å². The van der Waals surface area contributed by atoms with Gasteiger partial charge >= 0.3 is 0 Å². The first-order valence-electron chi connectivity index (χ1n) is 4.96. The molecule has 0 saturated carbocycles. The van der Waals surface area contributed by atoms with Crippen LogP contribution in [0.1, 0.15) is 18.5 Å². The van der Waals surface area contributed by atoms with Crippen LogP contribution < -0.4 is 0 Å². The SMILES string of the molecule is CC1=NN(C)C(c2ccccc2)C1C#N. The zero-order valence-corrected chi connectivity index (χ0v) is 8.88. The van der Waals surface area contributed by atoms with Crippen LogP contribution in [0, 0.1) is 17.2 Å². The summed E-state index contributed by atoms with van der Waals surface area (Å²) in [4.78, 5) is 0. The lowest BCUT2D eigenvalue weighted by molar-refractivity contribution is 0.269. The Labute approximate surface area is 89.6 Å². The molecule has 0 spiro atoms. The summed E-state index contributed by atoms with van der Waals surface area (Å²) in [5, 5.41) is 15.3. The van der Waals surface area contributed by atoms with Crippen LogP contribution in [-0.2, 0) is 0 Å². The molecule has 76 valence electrons. The van der Waals surface area contributed by atoms with E-state index >= 15 is 0 Å². The lowest BCUT2D eigenvalue weighted by atomic mass is 9.92. The molecule has 0 fully saturated rings. The van der Waals surface area contributed by atoms with Crippen LogP contribution in [0.5, 0.6) is 0 Å². The van der Waals surface area contributed by atoms with Crippen molar-refractivity contribution in [3.05, 3.63) is 35.9 Å². The van der Waals surface area contributed by atoms with Gasteiger partial charge in [0.1, 0.15) is 5.92 Å². The lowest BCUT2D eigenvalue weighted by Crippen LogP contribution is -2.21. The molecule has 3 nitrogen and oxygen atoms in total. The molecular formula is C12H13N3. The normalized spacial score (nSPS) is 24.9. The number of benzene rings is 1. The maximum absolute atomic E-state index is 9.13. The third-order valence-electron chi connectivity index (χ3n) is 2.76. The molecule has 0 aromatic heterocycles. The Morgan fingerprint density at radius 1 is 1.33 bits per heavy atom. The quantitative estimate of drug-likeness (QED) is 0.695. The molecule has 15 heavy (non-hydrogen) atoms. The summed E-state index contributed by atoms with van der Waals surface area (Å²) in [6, 6.07) is 12.4. The molecule has 2 atom stereocenters. The summed E-state index contributed by atoms with van der Waals surface area (Å²) in [7, 11) is 1.92. The largest absolute Gasteiger partial charge is 0.291 e. The van der Waals surface area contributed by atoms with E-state index in [2.05, 4.69) is 11.2 Å². The monoisotopic (exact) mass is 199 g/mol. The van der Waals surface area contributed by atoms with E-state index in [1.54, 1.807) is 0 Å². The van der Waals surface area contributed by atoms with Crippen molar-refractivity contribution in [1.29, 1.82) is 5.26 Å². The molecule has 1 aliphatic heterocycles. The fourth-order valence-electron chi connectivity index (χ4n) is 2.04. The van der Waals surface area contributed by atoms with Crippen LogP contribution in [0.25, 0.3) is 0 Å².